The van der Waals surface area contributed by atoms with Crippen LogP contribution in [0.1, 0.15) is 36.1 Å². The SMILES string of the molecule is CCc1cc2c(cc1I)CC[C@@H]2N. The van der Waals surface area contributed by atoms with Crippen LogP contribution in [0.3, 0.4) is 0 Å². The minimum Gasteiger partial charge on any atom is -0.324 e. The summed E-state index contributed by atoms with van der Waals surface area (Å²) in [6.45, 7) is 2.20. The van der Waals surface area contributed by atoms with Crippen LogP contribution in [0.4, 0.5) is 0 Å². The van der Waals surface area contributed by atoms with Gasteiger partial charge in [-0.05, 0) is 64.6 Å². The fourth-order valence-corrected chi connectivity index (χ4v) is 2.89. The van der Waals surface area contributed by atoms with Crippen LogP contribution in [-0.2, 0) is 12.8 Å². The van der Waals surface area contributed by atoms with E-state index in [1.807, 2.05) is 0 Å². The second-order valence-corrected chi connectivity index (χ2v) is 4.80. The molecule has 0 saturated heterocycles. The zero-order chi connectivity index (χ0) is 9.42. The molecule has 1 aliphatic carbocycles. The van der Waals surface area contributed by atoms with E-state index in [2.05, 4.69) is 41.6 Å². The molecule has 2 N–H and O–H groups in total. The first-order valence-corrected chi connectivity index (χ1v) is 5.87. The minimum absolute atomic E-state index is 0.289. The zero-order valence-electron chi connectivity index (χ0n) is 7.81. The largest absolute Gasteiger partial charge is 0.324 e. The summed E-state index contributed by atoms with van der Waals surface area (Å²) in [5, 5.41) is 0. The third kappa shape index (κ3) is 1.62. The third-order valence-electron chi connectivity index (χ3n) is 2.81. The zero-order valence-corrected chi connectivity index (χ0v) is 9.97. The molecule has 0 amide bonds. The van der Waals surface area contributed by atoms with E-state index in [1.54, 1.807) is 0 Å². The molecule has 2 heteroatoms. The first kappa shape index (κ1) is 9.46. The van der Waals surface area contributed by atoms with Crippen molar-refractivity contribution in [1.29, 1.82) is 0 Å². The highest BCUT2D eigenvalue weighted by atomic mass is 127. The van der Waals surface area contributed by atoms with Gasteiger partial charge >= 0.3 is 0 Å². The molecule has 0 spiro atoms. The van der Waals surface area contributed by atoms with E-state index in [9.17, 15) is 0 Å². The summed E-state index contributed by atoms with van der Waals surface area (Å²) in [5.74, 6) is 0. The molecule has 1 aromatic rings. The monoisotopic (exact) mass is 287 g/mol. The molecule has 70 valence electrons. The summed E-state index contributed by atoms with van der Waals surface area (Å²) in [5.41, 5.74) is 10.3. The van der Waals surface area contributed by atoms with E-state index in [0.29, 0.717) is 0 Å². The molecule has 1 nitrogen and oxygen atoms in total. The van der Waals surface area contributed by atoms with Gasteiger partial charge in [-0.2, -0.15) is 0 Å². The Morgan fingerprint density at radius 3 is 3.00 bits per heavy atom. The molecular formula is C11H14IN. The Bertz CT molecular complexity index is 333. The quantitative estimate of drug-likeness (QED) is 0.790. The van der Waals surface area contributed by atoms with Crippen molar-refractivity contribution in [3.8, 4) is 0 Å². The van der Waals surface area contributed by atoms with Gasteiger partial charge in [-0.25, -0.2) is 0 Å². The molecule has 0 aliphatic heterocycles. The summed E-state index contributed by atoms with van der Waals surface area (Å²) < 4.78 is 1.40. The highest BCUT2D eigenvalue weighted by molar-refractivity contribution is 14.1. The number of nitrogens with two attached hydrogens (primary N) is 1. The van der Waals surface area contributed by atoms with Crippen LogP contribution in [0, 0.1) is 3.57 Å². The van der Waals surface area contributed by atoms with Gasteiger partial charge < -0.3 is 5.73 Å². The Morgan fingerprint density at radius 2 is 2.31 bits per heavy atom. The highest BCUT2D eigenvalue weighted by Crippen LogP contribution is 2.32. The van der Waals surface area contributed by atoms with Crippen molar-refractivity contribution in [2.45, 2.75) is 32.2 Å². The predicted octanol–water partition coefficient (Wildman–Crippen LogP) is 2.80. The molecular weight excluding hydrogens is 273 g/mol. The standard InChI is InChI=1S/C11H14IN/c1-2-7-5-9-8(6-10(7)12)3-4-11(9)13/h5-6,11H,2-4,13H2,1H3/t11-/m0/s1. The van der Waals surface area contributed by atoms with Crippen LogP contribution in [0.2, 0.25) is 0 Å². The molecule has 2 rings (SSSR count). The van der Waals surface area contributed by atoms with E-state index in [1.165, 1.54) is 20.3 Å². The molecule has 0 unspecified atom stereocenters. The summed E-state index contributed by atoms with van der Waals surface area (Å²) in [7, 11) is 0. The molecule has 0 radical (unpaired) electrons. The van der Waals surface area contributed by atoms with Gasteiger partial charge in [-0.3, -0.25) is 0 Å². The second-order valence-electron chi connectivity index (χ2n) is 3.64. The van der Waals surface area contributed by atoms with Crippen LogP contribution < -0.4 is 5.73 Å². The van der Waals surface area contributed by atoms with Gasteiger partial charge in [0.05, 0.1) is 0 Å². The molecule has 0 saturated carbocycles. The fourth-order valence-electron chi connectivity index (χ4n) is 1.98. The lowest BCUT2D eigenvalue weighted by molar-refractivity contribution is 0.713. The number of hydrogen-bond acceptors (Lipinski definition) is 1. The maximum Gasteiger partial charge on any atom is 0.0300 e. The van der Waals surface area contributed by atoms with Crippen LogP contribution in [-0.4, -0.2) is 0 Å². The Balaban J connectivity index is 2.51. The van der Waals surface area contributed by atoms with Crippen molar-refractivity contribution in [2.75, 3.05) is 0 Å². The number of rotatable bonds is 1. The van der Waals surface area contributed by atoms with Crippen molar-refractivity contribution in [3.05, 3.63) is 32.4 Å². The normalized spacial score (nSPS) is 20.4. The van der Waals surface area contributed by atoms with Crippen molar-refractivity contribution < 1.29 is 0 Å². The van der Waals surface area contributed by atoms with Gasteiger partial charge in [0.15, 0.2) is 0 Å². The number of halogens is 1. The summed E-state index contributed by atoms with van der Waals surface area (Å²) in [6.07, 6.45) is 3.40. The van der Waals surface area contributed by atoms with Crippen molar-refractivity contribution in [1.82, 2.24) is 0 Å². The first-order valence-electron chi connectivity index (χ1n) is 4.79. The Kier molecular flexibility index (Phi) is 2.60. The van der Waals surface area contributed by atoms with Gasteiger partial charge in [0, 0.05) is 9.61 Å². The van der Waals surface area contributed by atoms with Gasteiger partial charge in [-0.1, -0.05) is 13.0 Å². The first-order chi connectivity index (χ1) is 6.22. The fraction of sp³-hybridized carbons (Fsp3) is 0.455. The van der Waals surface area contributed by atoms with E-state index < -0.39 is 0 Å². The molecule has 1 aliphatic rings. The lowest BCUT2D eigenvalue weighted by Crippen LogP contribution is -2.06. The number of benzene rings is 1. The van der Waals surface area contributed by atoms with Gasteiger partial charge in [0.1, 0.15) is 0 Å². The number of fused-ring (bicyclic) bond motifs is 1. The van der Waals surface area contributed by atoms with Crippen LogP contribution in [0.5, 0.6) is 0 Å². The Labute approximate surface area is 92.9 Å². The highest BCUT2D eigenvalue weighted by Gasteiger charge is 2.19. The molecule has 0 fully saturated rings. The van der Waals surface area contributed by atoms with Crippen molar-refractivity contribution in [2.24, 2.45) is 5.73 Å². The summed E-state index contributed by atoms with van der Waals surface area (Å²) in [6, 6.07) is 4.90. The molecule has 0 heterocycles. The van der Waals surface area contributed by atoms with E-state index >= 15 is 0 Å². The lowest BCUT2D eigenvalue weighted by Gasteiger charge is -2.08. The number of aryl methyl sites for hydroxylation is 2. The topological polar surface area (TPSA) is 26.0 Å². The molecule has 1 aromatic carbocycles. The second kappa shape index (κ2) is 3.58. The third-order valence-corrected chi connectivity index (χ3v) is 3.82. The molecule has 1 atom stereocenters. The molecule has 0 aromatic heterocycles. The van der Waals surface area contributed by atoms with Gasteiger partial charge in [-0.15, -0.1) is 0 Å². The predicted molar refractivity (Wildman–Crippen MR) is 63.8 cm³/mol. The van der Waals surface area contributed by atoms with Gasteiger partial charge in [0.25, 0.3) is 0 Å². The Hall–Kier alpha value is -0.0900. The van der Waals surface area contributed by atoms with E-state index in [-0.39, 0.29) is 6.04 Å². The van der Waals surface area contributed by atoms with Crippen LogP contribution in [0.15, 0.2) is 12.1 Å². The summed E-state index contributed by atoms with van der Waals surface area (Å²) in [4.78, 5) is 0. The minimum atomic E-state index is 0.289. The molecule has 13 heavy (non-hydrogen) atoms. The van der Waals surface area contributed by atoms with Crippen molar-refractivity contribution >= 4 is 22.6 Å². The average molecular weight is 287 g/mol. The maximum absolute atomic E-state index is 6.02. The maximum atomic E-state index is 6.02. The smallest absolute Gasteiger partial charge is 0.0300 e. The lowest BCUT2D eigenvalue weighted by atomic mass is 10.0. The van der Waals surface area contributed by atoms with E-state index in [4.69, 9.17) is 5.73 Å². The van der Waals surface area contributed by atoms with Crippen LogP contribution in [0.25, 0.3) is 0 Å². The van der Waals surface area contributed by atoms with E-state index in [0.717, 1.165) is 19.3 Å². The summed E-state index contributed by atoms with van der Waals surface area (Å²) >= 11 is 2.42. The van der Waals surface area contributed by atoms with Crippen molar-refractivity contribution in [3.63, 3.8) is 0 Å². The van der Waals surface area contributed by atoms with Gasteiger partial charge in [0.2, 0.25) is 0 Å². The number of hydrogen-bond donors (Lipinski definition) is 1. The average Bonchev–Trinajstić information content (AvgIpc) is 2.46. The Morgan fingerprint density at radius 1 is 1.54 bits per heavy atom. The molecule has 0 bridgehead atoms. The van der Waals surface area contributed by atoms with Crippen LogP contribution >= 0.6 is 22.6 Å².